The van der Waals surface area contributed by atoms with E-state index in [1.54, 1.807) is 12.3 Å². The number of aromatic nitrogens is 2. The van der Waals surface area contributed by atoms with Crippen molar-refractivity contribution in [3.63, 3.8) is 0 Å². The van der Waals surface area contributed by atoms with E-state index in [0.29, 0.717) is 28.4 Å². The van der Waals surface area contributed by atoms with Crippen molar-refractivity contribution in [3.05, 3.63) is 89.9 Å². The van der Waals surface area contributed by atoms with Crippen molar-refractivity contribution < 1.29 is 4.39 Å². The van der Waals surface area contributed by atoms with Gasteiger partial charge in [0.15, 0.2) is 5.82 Å². The van der Waals surface area contributed by atoms with Gasteiger partial charge < -0.3 is 5.73 Å². The quantitative estimate of drug-likeness (QED) is 0.424. The molecule has 0 saturated carbocycles. The summed E-state index contributed by atoms with van der Waals surface area (Å²) in [5, 5.41) is 1.42. The molecule has 2 heterocycles. The first-order chi connectivity index (χ1) is 13.1. The van der Waals surface area contributed by atoms with Gasteiger partial charge >= 0.3 is 0 Å². The van der Waals surface area contributed by atoms with Gasteiger partial charge in [-0.05, 0) is 54.8 Å². The number of benzene rings is 2. The molecule has 0 saturated heterocycles. The van der Waals surface area contributed by atoms with Crippen molar-refractivity contribution >= 4 is 22.4 Å². The summed E-state index contributed by atoms with van der Waals surface area (Å²) in [4.78, 5) is 13.5. The van der Waals surface area contributed by atoms with Crippen molar-refractivity contribution in [1.82, 2.24) is 9.97 Å². The monoisotopic (exact) mass is 356 g/mol. The van der Waals surface area contributed by atoms with Gasteiger partial charge in [0.05, 0.1) is 11.4 Å². The molecule has 2 N–H and O–H groups in total. The topological polar surface area (TPSA) is 64.2 Å². The van der Waals surface area contributed by atoms with Gasteiger partial charge in [-0.1, -0.05) is 29.8 Å². The first-order valence-corrected chi connectivity index (χ1v) is 8.53. The van der Waals surface area contributed by atoms with Crippen molar-refractivity contribution in [1.29, 1.82) is 0 Å². The van der Waals surface area contributed by atoms with Gasteiger partial charge in [-0.15, -0.1) is 0 Å². The Balaban J connectivity index is 1.92. The summed E-state index contributed by atoms with van der Waals surface area (Å²) in [5.74, 6) is 0.476. The summed E-state index contributed by atoms with van der Waals surface area (Å²) >= 11 is 0. The second-order valence-electron chi connectivity index (χ2n) is 6.28. The van der Waals surface area contributed by atoms with Gasteiger partial charge in [0.2, 0.25) is 0 Å². The molecule has 4 aromatic rings. The minimum absolute atomic E-state index is 0.317. The van der Waals surface area contributed by atoms with Crippen molar-refractivity contribution in [2.75, 3.05) is 0 Å². The molecule has 5 heteroatoms. The zero-order chi connectivity index (χ0) is 18.8. The van der Waals surface area contributed by atoms with Crippen LogP contribution in [0.2, 0.25) is 0 Å². The molecule has 4 nitrogen and oxygen atoms in total. The first kappa shape index (κ1) is 16.8. The molecule has 0 aliphatic carbocycles. The molecule has 0 atom stereocenters. The van der Waals surface area contributed by atoms with E-state index in [9.17, 15) is 4.39 Å². The van der Waals surface area contributed by atoms with Crippen LogP contribution in [0.5, 0.6) is 0 Å². The molecule has 4 rings (SSSR count). The Morgan fingerprint density at radius 1 is 0.963 bits per heavy atom. The third kappa shape index (κ3) is 3.53. The smallest absolute Gasteiger partial charge is 0.162 e. The Hall–Kier alpha value is -3.60. The highest BCUT2D eigenvalue weighted by Gasteiger charge is 2.10. The fourth-order valence-corrected chi connectivity index (χ4v) is 2.92. The van der Waals surface area contributed by atoms with E-state index >= 15 is 0 Å². The number of nitrogens with zero attached hydrogens (tertiary/aromatic N) is 3. The predicted octanol–water partition coefficient (Wildman–Crippen LogP) is 4.78. The van der Waals surface area contributed by atoms with Crippen LogP contribution < -0.4 is 5.73 Å². The van der Waals surface area contributed by atoms with Crippen LogP contribution in [0.4, 0.5) is 10.2 Å². The van der Waals surface area contributed by atoms with E-state index < -0.39 is 0 Å². The summed E-state index contributed by atoms with van der Waals surface area (Å²) in [6, 6.07) is 19.7. The van der Waals surface area contributed by atoms with Crippen molar-refractivity contribution in [2.45, 2.75) is 6.92 Å². The van der Waals surface area contributed by atoms with Gasteiger partial charge in [-0.2, -0.15) is 0 Å². The predicted molar refractivity (Wildman–Crippen MR) is 106 cm³/mol. The summed E-state index contributed by atoms with van der Waals surface area (Å²) in [6.07, 6.45) is 1.69. The van der Waals surface area contributed by atoms with Crippen molar-refractivity contribution in [2.24, 2.45) is 10.7 Å². The molecular formula is C22H17FN4. The number of aryl methyl sites for hydroxylation is 1. The second-order valence-corrected chi connectivity index (χ2v) is 6.28. The summed E-state index contributed by atoms with van der Waals surface area (Å²) in [5.41, 5.74) is 9.44. The molecule has 0 radical (unpaired) electrons. The van der Waals surface area contributed by atoms with Gasteiger partial charge in [-0.3, -0.25) is 4.98 Å². The van der Waals surface area contributed by atoms with Crippen LogP contribution in [0, 0.1) is 12.7 Å². The van der Waals surface area contributed by atoms with Gasteiger partial charge in [-0.25, -0.2) is 14.4 Å². The molecule has 0 fully saturated rings. The third-order valence-electron chi connectivity index (χ3n) is 4.24. The highest BCUT2D eigenvalue weighted by atomic mass is 19.1. The molecule has 0 aliphatic heterocycles. The molecule has 132 valence electrons. The standard InChI is InChI=1S/C22H17FN4/c1-14-5-4-6-15(11-14)21(24)27-22-18-9-8-17(23)12-16(18)13-20(26-22)19-7-2-3-10-25-19/h2-13H,1H3,(H2,24,26,27). The lowest BCUT2D eigenvalue weighted by atomic mass is 10.1. The fourth-order valence-electron chi connectivity index (χ4n) is 2.92. The second kappa shape index (κ2) is 6.96. The number of hydrogen-bond acceptors (Lipinski definition) is 3. The van der Waals surface area contributed by atoms with E-state index in [4.69, 9.17) is 5.73 Å². The van der Waals surface area contributed by atoms with E-state index in [0.717, 1.165) is 16.5 Å². The number of halogens is 1. The molecule has 0 bridgehead atoms. The first-order valence-electron chi connectivity index (χ1n) is 8.53. The van der Waals surface area contributed by atoms with Crippen LogP contribution >= 0.6 is 0 Å². The Kier molecular flexibility index (Phi) is 4.34. The summed E-state index contributed by atoms with van der Waals surface area (Å²) in [7, 11) is 0. The number of rotatable bonds is 3. The average molecular weight is 356 g/mol. The van der Waals surface area contributed by atoms with Gasteiger partial charge in [0.25, 0.3) is 0 Å². The lowest BCUT2D eigenvalue weighted by Crippen LogP contribution is -2.13. The molecule has 0 aliphatic rings. The number of fused-ring (bicyclic) bond motifs is 1. The maximum atomic E-state index is 13.8. The Morgan fingerprint density at radius 3 is 2.63 bits per heavy atom. The number of pyridine rings is 2. The number of aliphatic imine (C=N–C) groups is 1. The van der Waals surface area contributed by atoms with Crippen LogP contribution in [0.3, 0.4) is 0 Å². The Bertz CT molecular complexity index is 1150. The summed E-state index contributed by atoms with van der Waals surface area (Å²) in [6.45, 7) is 1.99. The zero-order valence-electron chi connectivity index (χ0n) is 14.7. The molecule has 27 heavy (non-hydrogen) atoms. The molecule has 0 unspecified atom stereocenters. The lowest BCUT2D eigenvalue weighted by Gasteiger charge is -2.08. The fraction of sp³-hybridized carbons (Fsp3) is 0.0455. The largest absolute Gasteiger partial charge is 0.383 e. The highest BCUT2D eigenvalue weighted by molar-refractivity contribution is 6.02. The van der Waals surface area contributed by atoms with Crippen LogP contribution in [-0.4, -0.2) is 15.8 Å². The minimum Gasteiger partial charge on any atom is -0.383 e. The number of amidine groups is 1. The molecular weight excluding hydrogens is 339 g/mol. The van der Waals surface area contributed by atoms with Crippen LogP contribution in [0.25, 0.3) is 22.2 Å². The third-order valence-corrected chi connectivity index (χ3v) is 4.24. The highest BCUT2D eigenvalue weighted by Crippen LogP contribution is 2.29. The zero-order valence-corrected chi connectivity index (χ0v) is 14.7. The molecule has 2 aromatic heterocycles. The maximum absolute atomic E-state index is 13.8. The van der Waals surface area contributed by atoms with Crippen LogP contribution in [0.1, 0.15) is 11.1 Å². The van der Waals surface area contributed by atoms with Crippen LogP contribution in [-0.2, 0) is 0 Å². The van der Waals surface area contributed by atoms with E-state index in [2.05, 4.69) is 15.0 Å². The molecule has 0 amide bonds. The lowest BCUT2D eigenvalue weighted by molar-refractivity contribution is 0.630. The minimum atomic E-state index is -0.317. The number of nitrogens with two attached hydrogens (primary N) is 1. The van der Waals surface area contributed by atoms with E-state index in [-0.39, 0.29) is 5.82 Å². The SMILES string of the molecule is Cc1cccc(C(N)=Nc2nc(-c3ccccn3)cc3cc(F)ccc23)c1. The van der Waals surface area contributed by atoms with Crippen molar-refractivity contribution in [3.8, 4) is 11.4 Å². The average Bonchev–Trinajstić information content (AvgIpc) is 2.68. The van der Waals surface area contributed by atoms with E-state index in [1.807, 2.05) is 55.5 Å². The normalized spacial score (nSPS) is 11.7. The molecule has 0 spiro atoms. The van der Waals surface area contributed by atoms with Gasteiger partial charge in [0.1, 0.15) is 11.7 Å². The van der Waals surface area contributed by atoms with Gasteiger partial charge in [0, 0.05) is 17.1 Å². The van der Waals surface area contributed by atoms with Crippen LogP contribution in [0.15, 0.2) is 77.9 Å². The Labute approximate surface area is 156 Å². The summed E-state index contributed by atoms with van der Waals surface area (Å²) < 4.78 is 13.8. The number of hydrogen-bond donors (Lipinski definition) is 1. The maximum Gasteiger partial charge on any atom is 0.162 e. The Morgan fingerprint density at radius 2 is 1.85 bits per heavy atom. The molecule has 2 aromatic carbocycles. The van der Waals surface area contributed by atoms with E-state index in [1.165, 1.54) is 12.1 Å².